The topological polar surface area (TPSA) is 102 Å². The standard InChI is InChI=1S/C10H17N3O.C2HF3O2/c1-2-9-12-13-10(14-9)8-4-3-7(5-8)6-11;3-2(4,5)1(6)7/h7-8H,2-6,11H2,1H3;(H,6,7)/t7-,8+;/m1./s1. The minimum atomic E-state index is -5.08. The van der Waals surface area contributed by atoms with Gasteiger partial charge in [-0.3, -0.25) is 0 Å². The van der Waals surface area contributed by atoms with Gasteiger partial charge < -0.3 is 15.3 Å². The molecule has 9 heteroatoms. The number of aromatic nitrogens is 2. The molecule has 1 aromatic heterocycles. The van der Waals surface area contributed by atoms with Crippen LogP contribution in [0.5, 0.6) is 0 Å². The van der Waals surface area contributed by atoms with E-state index in [9.17, 15) is 13.2 Å². The summed E-state index contributed by atoms with van der Waals surface area (Å²) in [5.74, 6) is -0.0881. The van der Waals surface area contributed by atoms with Gasteiger partial charge in [0.05, 0.1) is 0 Å². The maximum atomic E-state index is 10.6. The predicted molar refractivity (Wildman–Crippen MR) is 66.5 cm³/mol. The summed E-state index contributed by atoms with van der Waals surface area (Å²) in [7, 11) is 0. The molecule has 1 aliphatic carbocycles. The van der Waals surface area contributed by atoms with Gasteiger partial charge in [-0.15, -0.1) is 10.2 Å². The number of rotatable bonds is 3. The second kappa shape index (κ2) is 7.39. The van der Waals surface area contributed by atoms with Crippen LogP contribution in [-0.4, -0.2) is 34.0 Å². The van der Waals surface area contributed by atoms with Gasteiger partial charge in [0.25, 0.3) is 0 Å². The van der Waals surface area contributed by atoms with E-state index in [1.54, 1.807) is 0 Å². The largest absolute Gasteiger partial charge is 0.490 e. The normalized spacial score (nSPS) is 21.8. The van der Waals surface area contributed by atoms with Crippen LogP contribution >= 0.6 is 0 Å². The Labute approximate surface area is 119 Å². The minimum absolute atomic E-state index is 0.455. The second-order valence-corrected chi connectivity index (χ2v) is 4.80. The molecule has 0 amide bonds. The fraction of sp³-hybridized carbons (Fsp3) is 0.750. The summed E-state index contributed by atoms with van der Waals surface area (Å²) < 4.78 is 37.3. The number of nitrogens with zero attached hydrogens (tertiary/aromatic N) is 2. The molecular weight excluding hydrogens is 291 g/mol. The highest BCUT2D eigenvalue weighted by atomic mass is 19.4. The van der Waals surface area contributed by atoms with Crippen molar-refractivity contribution in [1.82, 2.24) is 10.2 Å². The fourth-order valence-corrected chi connectivity index (χ4v) is 2.09. The lowest BCUT2D eigenvalue weighted by molar-refractivity contribution is -0.192. The monoisotopic (exact) mass is 309 g/mol. The zero-order valence-corrected chi connectivity index (χ0v) is 11.6. The van der Waals surface area contributed by atoms with Gasteiger partial charge in [-0.2, -0.15) is 13.2 Å². The van der Waals surface area contributed by atoms with Crippen molar-refractivity contribution in [1.29, 1.82) is 0 Å². The number of aliphatic carboxylic acids is 1. The van der Waals surface area contributed by atoms with E-state index in [1.807, 2.05) is 6.92 Å². The molecule has 1 aliphatic rings. The molecule has 0 radical (unpaired) electrons. The highest BCUT2D eigenvalue weighted by Gasteiger charge is 2.38. The highest BCUT2D eigenvalue weighted by molar-refractivity contribution is 5.73. The maximum absolute atomic E-state index is 10.6. The summed E-state index contributed by atoms with van der Waals surface area (Å²) >= 11 is 0. The Morgan fingerprint density at radius 3 is 2.43 bits per heavy atom. The summed E-state index contributed by atoms with van der Waals surface area (Å²) in [6.07, 6.45) is -0.805. The first-order chi connectivity index (χ1) is 9.77. The Morgan fingerprint density at radius 1 is 1.43 bits per heavy atom. The van der Waals surface area contributed by atoms with Crippen LogP contribution in [0.25, 0.3) is 0 Å². The van der Waals surface area contributed by atoms with E-state index in [4.69, 9.17) is 20.1 Å². The van der Waals surface area contributed by atoms with Crippen molar-refractivity contribution in [3.63, 3.8) is 0 Å². The van der Waals surface area contributed by atoms with Crippen LogP contribution in [0.4, 0.5) is 13.2 Å². The van der Waals surface area contributed by atoms with Crippen LogP contribution in [-0.2, 0) is 11.2 Å². The van der Waals surface area contributed by atoms with Crippen LogP contribution in [0.1, 0.15) is 43.9 Å². The third-order valence-corrected chi connectivity index (χ3v) is 3.25. The molecule has 1 fully saturated rings. The molecule has 0 spiro atoms. The first kappa shape index (κ1) is 17.4. The van der Waals surface area contributed by atoms with E-state index >= 15 is 0 Å². The Kier molecular flexibility index (Phi) is 6.13. The average molecular weight is 309 g/mol. The van der Waals surface area contributed by atoms with Crippen LogP contribution in [0, 0.1) is 5.92 Å². The van der Waals surface area contributed by atoms with Crippen LogP contribution < -0.4 is 5.73 Å². The zero-order valence-electron chi connectivity index (χ0n) is 11.6. The van der Waals surface area contributed by atoms with Gasteiger partial charge in [-0.05, 0) is 31.7 Å². The molecule has 0 bridgehead atoms. The maximum Gasteiger partial charge on any atom is 0.490 e. The Bertz CT molecular complexity index is 462. The van der Waals surface area contributed by atoms with E-state index in [-0.39, 0.29) is 0 Å². The SMILES string of the molecule is CCc1nnc([C@H]2CC[C@@H](CN)C2)o1.O=C(O)C(F)(F)F. The summed E-state index contributed by atoms with van der Waals surface area (Å²) in [5, 5.41) is 15.2. The molecule has 6 nitrogen and oxygen atoms in total. The highest BCUT2D eigenvalue weighted by Crippen LogP contribution is 2.36. The average Bonchev–Trinajstić information content (AvgIpc) is 3.06. The van der Waals surface area contributed by atoms with Gasteiger partial charge >= 0.3 is 12.1 Å². The van der Waals surface area contributed by atoms with Gasteiger partial charge in [0.2, 0.25) is 11.8 Å². The Morgan fingerprint density at radius 2 is 2.05 bits per heavy atom. The number of aryl methyl sites for hydroxylation is 1. The molecule has 1 heterocycles. The Hall–Kier alpha value is -1.64. The van der Waals surface area contributed by atoms with Crippen molar-refractivity contribution in [3.8, 4) is 0 Å². The van der Waals surface area contributed by atoms with E-state index in [0.29, 0.717) is 11.8 Å². The van der Waals surface area contributed by atoms with Crippen molar-refractivity contribution in [2.24, 2.45) is 11.7 Å². The van der Waals surface area contributed by atoms with Gasteiger partial charge in [0, 0.05) is 12.3 Å². The van der Waals surface area contributed by atoms with E-state index < -0.39 is 12.1 Å². The van der Waals surface area contributed by atoms with E-state index in [2.05, 4.69) is 10.2 Å². The second-order valence-electron chi connectivity index (χ2n) is 4.80. The summed E-state index contributed by atoms with van der Waals surface area (Å²) in [5.41, 5.74) is 5.64. The van der Waals surface area contributed by atoms with Gasteiger partial charge in [0.15, 0.2) is 0 Å². The molecule has 1 aromatic rings. The molecule has 2 rings (SSSR count). The smallest absolute Gasteiger partial charge is 0.475 e. The number of carbonyl (C=O) groups is 1. The van der Waals surface area contributed by atoms with Crippen LogP contribution in [0.3, 0.4) is 0 Å². The van der Waals surface area contributed by atoms with Crippen molar-refractivity contribution < 1.29 is 27.5 Å². The molecule has 0 unspecified atom stereocenters. The third kappa shape index (κ3) is 5.33. The number of hydrogen-bond donors (Lipinski definition) is 2. The van der Waals surface area contributed by atoms with Crippen LogP contribution in [0.2, 0.25) is 0 Å². The van der Waals surface area contributed by atoms with Crippen molar-refractivity contribution >= 4 is 5.97 Å². The molecule has 1 saturated carbocycles. The van der Waals surface area contributed by atoms with Gasteiger partial charge in [-0.25, -0.2) is 4.79 Å². The zero-order chi connectivity index (χ0) is 16.0. The quantitative estimate of drug-likeness (QED) is 0.886. The predicted octanol–water partition coefficient (Wildman–Crippen LogP) is 2.11. The first-order valence-electron chi connectivity index (χ1n) is 6.60. The van der Waals surface area contributed by atoms with E-state index in [0.717, 1.165) is 37.6 Å². The number of carboxylic acids is 1. The molecule has 0 saturated heterocycles. The number of alkyl halides is 3. The first-order valence-corrected chi connectivity index (χ1v) is 6.60. The minimum Gasteiger partial charge on any atom is -0.475 e. The van der Waals surface area contributed by atoms with Crippen molar-refractivity contribution in [2.45, 2.75) is 44.7 Å². The molecule has 120 valence electrons. The molecule has 0 aliphatic heterocycles. The van der Waals surface area contributed by atoms with Crippen LogP contribution in [0.15, 0.2) is 4.42 Å². The number of carboxylic acid groups (broad SMARTS) is 1. The number of nitrogens with two attached hydrogens (primary N) is 1. The molecule has 3 N–H and O–H groups in total. The lowest BCUT2D eigenvalue weighted by atomic mass is 10.1. The van der Waals surface area contributed by atoms with Crippen molar-refractivity contribution in [3.05, 3.63) is 11.8 Å². The molecule has 0 aromatic carbocycles. The van der Waals surface area contributed by atoms with Crippen molar-refractivity contribution in [2.75, 3.05) is 6.54 Å². The molecule has 2 atom stereocenters. The van der Waals surface area contributed by atoms with Gasteiger partial charge in [0.1, 0.15) is 0 Å². The van der Waals surface area contributed by atoms with E-state index in [1.165, 1.54) is 6.42 Å². The molecule has 21 heavy (non-hydrogen) atoms. The summed E-state index contributed by atoms with van der Waals surface area (Å²) in [6, 6.07) is 0. The summed E-state index contributed by atoms with van der Waals surface area (Å²) in [6.45, 7) is 2.81. The van der Waals surface area contributed by atoms with Gasteiger partial charge in [-0.1, -0.05) is 6.92 Å². The summed E-state index contributed by atoms with van der Waals surface area (Å²) in [4.78, 5) is 8.90. The third-order valence-electron chi connectivity index (χ3n) is 3.25. The number of hydrogen-bond acceptors (Lipinski definition) is 5. The Balaban J connectivity index is 0.000000270. The molecular formula is C12H18F3N3O3. The fourth-order valence-electron chi connectivity index (χ4n) is 2.09. The number of halogens is 3. The lowest BCUT2D eigenvalue weighted by Gasteiger charge is -2.04. The lowest BCUT2D eigenvalue weighted by Crippen LogP contribution is -2.21.